The molecule has 0 aromatic carbocycles. The molecular formula is C10H9N3O4S. The van der Waals surface area contributed by atoms with Gasteiger partial charge in [0.05, 0.1) is 5.56 Å². The van der Waals surface area contributed by atoms with Crippen LogP contribution in [0.25, 0.3) is 0 Å². The molecule has 0 aliphatic carbocycles. The second-order valence-corrected chi connectivity index (χ2v) is 4.38. The van der Waals surface area contributed by atoms with Crippen LogP contribution >= 0.6 is 11.3 Å². The number of aryl methyl sites for hydroxylation is 1. The fourth-order valence-electron chi connectivity index (χ4n) is 1.17. The van der Waals surface area contributed by atoms with E-state index in [1.165, 1.54) is 11.3 Å². The minimum atomic E-state index is -1.15. The van der Waals surface area contributed by atoms with Crippen LogP contribution in [-0.2, 0) is 6.42 Å². The largest absolute Gasteiger partial charge is 0.478 e. The molecule has 0 aliphatic heterocycles. The summed E-state index contributed by atoms with van der Waals surface area (Å²) < 4.78 is 4.86. The zero-order valence-electron chi connectivity index (χ0n) is 9.34. The average molecular weight is 267 g/mol. The van der Waals surface area contributed by atoms with E-state index in [0.717, 1.165) is 23.8 Å². The van der Waals surface area contributed by atoms with Gasteiger partial charge in [-0.25, -0.2) is 4.79 Å². The number of carbonyl (C=O) groups excluding carboxylic acids is 1. The van der Waals surface area contributed by atoms with Crippen LogP contribution in [0.5, 0.6) is 0 Å². The van der Waals surface area contributed by atoms with Gasteiger partial charge in [0, 0.05) is 6.07 Å². The Morgan fingerprint density at radius 1 is 1.50 bits per heavy atom. The molecule has 2 rings (SSSR count). The highest BCUT2D eigenvalue weighted by Crippen LogP contribution is 2.17. The average Bonchev–Trinajstić information content (AvgIpc) is 2.97. The summed E-state index contributed by atoms with van der Waals surface area (Å²) in [6, 6.07) is 1.15. The van der Waals surface area contributed by atoms with Crippen molar-refractivity contribution in [2.75, 3.05) is 5.32 Å². The lowest BCUT2D eigenvalue weighted by molar-refractivity contribution is 0.0696. The van der Waals surface area contributed by atoms with E-state index in [2.05, 4.69) is 15.5 Å². The maximum Gasteiger partial charge on any atom is 0.338 e. The molecule has 0 radical (unpaired) electrons. The van der Waals surface area contributed by atoms with Crippen molar-refractivity contribution in [1.29, 1.82) is 0 Å². The molecule has 0 spiro atoms. The Bertz CT molecular complexity index is 589. The number of aromatic nitrogens is 2. The number of carbonyl (C=O) groups is 2. The predicted octanol–water partition coefficient (Wildman–Crippen LogP) is 1.64. The maximum absolute atomic E-state index is 11.7. The number of carboxylic acids is 1. The Morgan fingerprint density at radius 3 is 2.83 bits per heavy atom. The number of carboxylic acid groups (broad SMARTS) is 1. The fraction of sp³-hybridized carbons (Fsp3) is 0.200. The van der Waals surface area contributed by atoms with Gasteiger partial charge in [-0.1, -0.05) is 18.3 Å². The minimum absolute atomic E-state index is 0.0772. The van der Waals surface area contributed by atoms with Crippen molar-refractivity contribution in [3.8, 4) is 0 Å². The lowest BCUT2D eigenvalue weighted by atomic mass is 10.3. The Labute approximate surface area is 105 Å². The van der Waals surface area contributed by atoms with Gasteiger partial charge >= 0.3 is 5.97 Å². The van der Waals surface area contributed by atoms with Crippen molar-refractivity contribution in [3.63, 3.8) is 0 Å². The van der Waals surface area contributed by atoms with Crippen LogP contribution in [-0.4, -0.2) is 27.2 Å². The van der Waals surface area contributed by atoms with Crippen LogP contribution in [0.3, 0.4) is 0 Å². The van der Waals surface area contributed by atoms with Crippen molar-refractivity contribution < 1.29 is 19.1 Å². The fourth-order valence-corrected chi connectivity index (χ4v) is 1.85. The normalized spacial score (nSPS) is 10.3. The highest BCUT2D eigenvalue weighted by atomic mass is 32.1. The van der Waals surface area contributed by atoms with Crippen molar-refractivity contribution in [2.45, 2.75) is 13.3 Å². The molecule has 2 aromatic rings. The van der Waals surface area contributed by atoms with Crippen molar-refractivity contribution in [3.05, 3.63) is 28.7 Å². The third-order valence-corrected chi connectivity index (χ3v) is 3.04. The molecule has 0 aliphatic rings. The molecule has 2 aromatic heterocycles. The Kier molecular flexibility index (Phi) is 3.38. The smallest absolute Gasteiger partial charge is 0.338 e. The molecular weight excluding hydrogens is 258 g/mol. The summed E-state index contributed by atoms with van der Waals surface area (Å²) in [6.07, 6.45) is 1.74. The van der Waals surface area contributed by atoms with Gasteiger partial charge in [0.25, 0.3) is 5.91 Å². The Balaban J connectivity index is 2.09. The van der Waals surface area contributed by atoms with Crippen LogP contribution in [0.15, 0.2) is 16.7 Å². The van der Waals surface area contributed by atoms with E-state index in [-0.39, 0.29) is 11.3 Å². The first kappa shape index (κ1) is 12.2. The van der Waals surface area contributed by atoms with Gasteiger partial charge in [-0.2, -0.15) is 0 Å². The standard InChI is InChI=1S/C10H9N3O4S/c1-2-7-12-13-10(18-7)11-8(14)6-3-5(4-17-6)9(15)16/h3-4H,2H2,1H3,(H,15,16)(H,11,13,14). The molecule has 0 saturated carbocycles. The lowest BCUT2D eigenvalue weighted by Crippen LogP contribution is -2.10. The molecule has 0 saturated heterocycles. The summed E-state index contributed by atoms with van der Waals surface area (Å²) in [6.45, 7) is 1.93. The molecule has 0 unspecified atom stereocenters. The summed E-state index contributed by atoms with van der Waals surface area (Å²) in [7, 11) is 0. The number of hydrogen-bond acceptors (Lipinski definition) is 6. The van der Waals surface area contributed by atoms with E-state index >= 15 is 0 Å². The van der Waals surface area contributed by atoms with Gasteiger partial charge in [0.1, 0.15) is 11.3 Å². The van der Waals surface area contributed by atoms with E-state index in [4.69, 9.17) is 9.52 Å². The van der Waals surface area contributed by atoms with Crippen molar-refractivity contribution >= 4 is 28.3 Å². The highest BCUT2D eigenvalue weighted by Gasteiger charge is 2.16. The predicted molar refractivity (Wildman–Crippen MR) is 62.9 cm³/mol. The topological polar surface area (TPSA) is 105 Å². The monoisotopic (exact) mass is 267 g/mol. The summed E-state index contributed by atoms with van der Waals surface area (Å²) in [5, 5.41) is 19.9. The molecule has 0 fully saturated rings. The number of aromatic carboxylic acids is 1. The quantitative estimate of drug-likeness (QED) is 0.872. The highest BCUT2D eigenvalue weighted by molar-refractivity contribution is 7.15. The molecule has 1 amide bonds. The molecule has 0 bridgehead atoms. The SMILES string of the molecule is CCc1nnc(NC(=O)c2cc(C(=O)O)co2)s1. The lowest BCUT2D eigenvalue weighted by Gasteiger charge is -1.95. The van der Waals surface area contributed by atoms with Gasteiger partial charge in [0.15, 0.2) is 5.76 Å². The number of nitrogens with one attached hydrogen (secondary N) is 1. The number of amides is 1. The number of hydrogen-bond donors (Lipinski definition) is 2. The molecule has 2 N–H and O–H groups in total. The van der Waals surface area contributed by atoms with Crippen molar-refractivity contribution in [1.82, 2.24) is 10.2 Å². The van der Waals surface area contributed by atoms with Gasteiger partial charge in [-0.3, -0.25) is 10.1 Å². The minimum Gasteiger partial charge on any atom is -0.478 e. The first-order valence-electron chi connectivity index (χ1n) is 5.05. The molecule has 94 valence electrons. The van der Waals surface area contributed by atoms with Gasteiger partial charge in [-0.15, -0.1) is 10.2 Å². The maximum atomic E-state index is 11.7. The zero-order chi connectivity index (χ0) is 13.1. The van der Waals surface area contributed by atoms with Crippen LogP contribution in [0, 0.1) is 0 Å². The second-order valence-electron chi connectivity index (χ2n) is 3.31. The summed E-state index contributed by atoms with van der Waals surface area (Å²) in [5.41, 5.74) is -0.0772. The summed E-state index contributed by atoms with van der Waals surface area (Å²) >= 11 is 1.26. The van der Waals surface area contributed by atoms with Crippen LogP contribution in [0.2, 0.25) is 0 Å². The number of furan rings is 1. The summed E-state index contributed by atoms with van der Waals surface area (Å²) in [4.78, 5) is 22.3. The molecule has 8 heteroatoms. The molecule has 2 heterocycles. The van der Waals surface area contributed by atoms with E-state index in [0.29, 0.717) is 5.13 Å². The third kappa shape index (κ3) is 2.54. The van der Waals surface area contributed by atoms with Gasteiger partial charge < -0.3 is 9.52 Å². The number of rotatable bonds is 4. The second kappa shape index (κ2) is 4.96. The summed E-state index contributed by atoms with van der Waals surface area (Å²) in [5.74, 6) is -1.79. The van der Waals surface area contributed by atoms with Gasteiger partial charge in [0.2, 0.25) is 5.13 Å². The first-order chi connectivity index (χ1) is 8.60. The Morgan fingerprint density at radius 2 is 2.28 bits per heavy atom. The first-order valence-corrected chi connectivity index (χ1v) is 5.87. The molecule has 18 heavy (non-hydrogen) atoms. The van der Waals surface area contributed by atoms with Crippen LogP contribution in [0.4, 0.5) is 5.13 Å². The van der Waals surface area contributed by atoms with E-state index < -0.39 is 11.9 Å². The van der Waals surface area contributed by atoms with Crippen LogP contribution < -0.4 is 5.32 Å². The van der Waals surface area contributed by atoms with E-state index in [9.17, 15) is 9.59 Å². The number of nitrogens with zero attached hydrogens (tertiary/aromatic N) is 2. The zero-order valence-corrected chi connectivity index (χ0v) is 10.2. The van der Waals surface area contributed by atoms with E-state index in [1.807, 2.05) is 6.92 Å². The molecule has 0 atom stereocenters. The molecule has 7 nitrogen and oxygen atoms in total. The van der Waals surface area contributed by atoms with Crippen LogP contribution in [0.1, 0.15) is 32.8 Å². The van der Waals surface area contributed by atoms with Crippen molar-refractivity contribution in [2.24, 2.45) is 0 Å². The van der Waals surface area contributed by atoms with Gasteiger partial charge in [-0.05, 0) is 6.42 Å². The Hall–Kier alpha value is -2.22. The number of anilines is 1. The van der Waals surface area contributed by atoms with E-state index in [1.54, 1.807) is 0 Å². The third-order valence-electron chi connectivity index (χ3n) is 2.06.